The lowest BCUT2D eigenvalue weighted by Crippen LogP contribution is -2.33. The molecule has 0 saturated heterocycles. The fraction of sp³-hybridized carbons (Fsp3) is 1.00. The van der Waals surface area contributed by atoms with E-state index >= 15 is 0 Å². The lowest BCUT2D eigenvalue weighted by Gasteiger charge is -2.44. The van der Waals surface area contributed by atoms with E-state index in [2.05, 4.69) is 13.8 Å². The SMILES string of the molecule is CC(C)C1(CC2CCCCC2)CCCCC1. The van der Waals surface area contributed by atoms with Gasteiger partial charge in [0, 0.05) is 0 Å². The molecule has 2 saturated carbocycles. The lowest BCUT2D eigenvalue weighted by atomic mass is 9.61. The molecule has 2 aliphatic carbocycles. The molecule has 0 aromatic rings. The van der Waals surface area contributed by atoms with Gasteiger partial charge in [0.1, 0.15) is 0 Å². The molecule has 0 amide bonds. The molecule has 0 radical (unpaired) electrons. The van der Waals surface area contributed by atoms with Crippen molar-refractivity contribution >= 4 is 0 Å². The van der Waals surface area contributed by atoms with Crippen LogP contribution in [0, 0.1) is 17.3 Å². The van der Waals surface area contributed by atoms with Gasteiger partial charge in [0.2, 0.25) is 0 Å². The molecule has 0 spiro atoms. The van der Waals surface area contributed by atoms with Gasteiger partial charge in [-0.3, -0.25) is 0 Å². The minimum absolute atomic E-state index is 0.736. The Kier molecular flexibility index (Phi) is 4.33. The topological polar surface area (TPSA) is 0 Å². The molecule has 0 atom stereocenters. The molecule has 2 rings (SSSR count). The van der Waals surface area contributed by atoms with Crippen LogP contribution in [0.25, 0.3) is 0 Å². The first-order chi connectivity index (χ1) is 7.73. The van der Waals surface area contributed by atoms with Crippen molar-refractivity contribution in [2.45, 2.75) is 84.5 Å². The third-order valence-electron chi connectivity index (χ3n) is 5.49. The van der Waals surface area contributed by atoms with Gasteiger partial charge in [0.25, 0.3) is 0 Å². The summed E-state index contributed by atoms with van der Waals surface area (Å²) in [6.45, 7) is 4.96. The van der Waals surface area contributed by atoms with Gasteiger partial charge in [-0.2, -0.15) is 0 Å². The Morgan fingerprint density at radius 2 is 1.44 bits per heavy atom. The highest BCUT2D eigenvalue weighted by molar-refractivity contribution is 4.88. The van der Waals surface area contributed by atoms with Gasteiger partial charge >= 0.3 is 0 Å². The smallest absolute Gasteiger partial charge is 0.0272 e. The summed E-state index contributed by atoms with van der Waals surface area (Å²) < 4.78 is 0. The molecule has 94 valence electrons. The second-order valence-electron chi connectivity index (χ2n) is 6.79. The molecular weight excluding hydrogens is 192 g/mol. The first-order valence-electron chi connectivity index (χ1n) is 7.73. The van der Waals surface area contributed by atoms with Crippen LogP contribution in [0.5, 0.6) is 0 Å². The second kappa shape index (κ2) is 5.56. The zero-order valence-electron chi connectivity index (χ0n) is 11.4. The van der Waals surface area contributed by atoms with Crippen LogP contribution in [-0.4, -0.2) is 0 Å². The molecule has 0 nitrogen and oxygen atoms in total. The van der Waals surface area contributed by atoms with E-state index in [0.717, 1.165) is 17.3 Å². The first kappa shape index (κ1) is 12.5. The Balaban J connectivity index is 1.95. The van der Waals surface area contributed by atoms with Crippen molar-refractivity contribution in [3.63, 3.8) is 0 Å². The Morgan fingerprint density at radius 3 is 2.00 bits per heavy atom. The summed E-state index contributed by atoms with van der Waals surface area (Å²) >= 11 is 0. The fourth-order valence-corrected chi connectivity index (χ4v) is 4.24. The van der Waals surface area contributed by atoms with Gasteiger partial charge in [-0.1, -0.05) is 65.2 Å². The Bertz CT molecular complexity index is 192. The van der Waals surface area contributed by atoms with Gasteiger partial charge in [-0.05, 0) is 36.5 Å². The van der Waals surface area contributed by atoms with E-state index in [9.17, 15) is 0 Å². The number of hydrogen-bond acceptors (Lipinski definition) is 0. The molecule has 16 heavy (non-hydrogen) atoms. The van der Waals surface area contributed by atoms with Crippen molar-refractivity contribution in [3.8, 4) is 0 Å². The Labute approximate surface area is 102 Å². The molecule has 2 aliphatic rings. The molecule has 0 heterocycles. The van der Waals surface area contributed by atoms with Crippen LogP contribution < -0.4 is 0 Å². The summed E-state index contributed by atoms with van der Waals surface area (Å²) in [5.74, 6) is 1.99. The summed E-state index contributed by atoms with van der Waals surface area (Å²) in [7, 11) is 0. The summed E-state index contributed by atoms with van der Waals surface area (Å²) in [4.78, 5) is 0. The maximum absolute atomic E-state index is 2.48. The quantitative estimate of drug-likeness (QED) is 0.586. The van der Waals surface area contributed by atoms with Crippen LogP contribution in [0.2, 0.25) is 0 Å². The normalized spacial score (nSPS) is 27.2. The van der Waals surface area contributed by atoms with E-state index in [1.165, 1.54) is 64.2 Å². The minimum Gasteiger partial charge on any atom is -0.0622 e. The molecule has 0 bridgehead atoms. The van der Waals surface area contributed by atoms with Gasteiger partial charge in [0.15, 0.2) is 0 Å². The van der Waals surface area contributed by atoms with Crippen LogP contribution in [-0.2, 0) is 0 Å². The predicted octanol–water partition coefficient (Wildman–Crippen LogP) is 5.56. The van der Waals surface area contributed by atoms with Crippen molar-refractivity contribution in [1.29, 1.82) is 0 Å². The summed E-state index contributed by atoms with van der Waals surface area (Å²) in [5, 5.41) is 0. The summed E-state index contributed by atoms with van der Waals surface area (Å²) in [6.07, 6.45) is 16.7. The second-order valence-corrected chi connectivity index (χ2v) is 6.79. The largest absolute Gasteiger partial charge is 0.0622 e. The predicted molar refractivity (Wildman–Crippen MR) is 71.5 cm³/mol. The molecule has 0 aromatic heterocycles. The Hall–Kier alpha value is 0. The van der Waals surface area contributed by atoms with Gasteiger partial charge < -0.3 is 0 Å². The molecule has 2 fully saturated rings. The van der Waals surface area contributed by atoms with E-state index in [4.69, 9.17) is 0 Å². The average molecular weight is 222 g/mol. The molecule has 0 N–H and O–H groups in total. The minimum atomic E-state index is 0.736. The van der Waals surface area contributed by atoms with Crippen LogP contribution in [0.1, 0.15) is 84.5 Å². The highest BCUT2D eigenvalue weighted by atomic mass is 14.4. The van der Waals surface area contributed by atoms with Gasteiger partial charge in [0.05, 0.1) is 0 Å². The van der Waals surface area contributed by atoms with Gasteiger partial charge in [-0.25, -0.2) is 0 Å². The third-order valence-corrected chi connectivity index (χ3v) is 5.49. The van der Waals surface area contributed by atoms with E-state index in [1.54, 1.807) is 6.42 Å². The van der Waals surface area contributed by atoms with E-state index in [0.29, 0.717) is 0 Å². The maximum Gasteiger partial charge on any atom is -0.0272 e. The average Bonchev–Trinajstić information content (AvgIpc) is 2.31. The highest BCUT2D eigenvalue weighted by Gasteiger charge is 2.37. The number of rotatable bonds is 3. The summed E-state index contributed by atoms with van der Waals surface area (Å²) in [6, 6.07) is 0. The monoisotopic (exact) mass is 222 g/mol. The zero-order valence-corrected chi connectivity index (χ0v) is 11.4. The zero-order chi connectivity index (χ0) is 11.4. The molecular formula is C16H30. The van der Waals surface area contributed by atoms with Crippen molar-refractivity contribution in [1.82, 2.24) is 0 Å². The molecule has 0 aliphatic heterocycles. The van der Waals surface area contributed by atoms with Crippen LogP contribution in [0.4, 0.5) is 0 Å². The van der Waals surface area contributed by atoms with Crippen molar-refractivity contribution < 1.29 is 0 Å². The highest BCUT2D eigenvalue weighted by Crippen LogP contribution is 2.49. The fourth-order valence-electron chi connectivity index (χ4n) is 4.24. The van der Waals surface area contributed by atoms with Gasteiger partial charge in [-0.15, -0.1) is 0 Å². The maximum atomic E-state index is 2.48. The van der Waals surface area contributed by atoms with Crippen molar-refractivity contribution in [3.05, 3.63) is 0 Å². The van der Waals surface area contributed by atoms with Crippen molar-refractivity contribution in [2.24, 2.45) is 17.3 Å². The number of hydrogen-bond donors (Lipinski definition) is 0. The van der Waals surface area contributed by atoms with Crippen LogP contribution in [0.15, 0.2) is 0 Å². The third kappa shape index (κ3) is 2.81. The first-order valence-corrected chi connectivity index (χ1v) is 7.73. The molecule has 0 unspecified atom stereocenters. The summed E-state index contributed by atoms with van der Waals surface area (Å²) in [5.41, 5.74) is 0.736. The van der Waals surface area contributed by atoms with E-state index < -0.39 is 0 Å². The van der Waals surface area contributed by atoms with E-state index in [-0.39, 0.29) is 0 Å². The van der Waals surface area contributed by atoms with Crippen molar-refractivity contribution in [2.75, 3.05) is 0 Å². The molecule has 0 heteroatoms. The Morgan fingerprint density at radius 1 is 0.875 bits per heavy atom. The lowest BCUT2D eigenvalue weighted by molar-refractivity contribution is 0.0715. The van der Waals surface area contributed by atoms with Crippen LogP contribution in [0.3, 0.4) is 0 Å². The molecule has 0 aromatic carbocycles. The van der Waals surface area contributed by atoms with E-state index in [1.807, 2.05) is 0 Å². The standard InChI is InChI=1S/C16H30/c1-14(2)16(11-7-4-8-12-16)13-15-9-5-3-6-10-15/h14-15H,3-13H2,1-2H3. The van der Waals surface area contributed by atoms with Crippen LogP contribution >= 0.6 is 0 Å².